The summed E-state index contributed by atoms with van der Waals surface area (Å²) in [6.07, 6.45) is 31.1. The van der Waals surface area contributed by atoms with Crippen LogP contribution in [0.3, 0.4) is 0 Å². The van der Waals surface area contributed by atoms with Crippen molar-refractivity contribution in [1.82, 2.24) is 0 Å². The van der Waals surface area contributed by atoms with Crippen LogP contribution in [-0.4, -0.2) is 23.3 Å². The van der Waals surface area contributed by atoms with Gasteiger partial charge in [-0.25, -0.2) is 0 Å². The van der Waals surface area contributed by atoms with Crippen LogP contribution in [0.5, 0.6) is 0 Å². The molecule has 0 saturated heterocycles. The van der Waals surface area contributed by atoms with Crippen LogP contribution in [0.2, 0.25) is 0 Å². The molecule has 280 valence electrons. The maximum atomic E-state index is 12.9. The molecule has 0 aromatic heterocycles. The van der Waals surface area contributed by atoms with E-state index in [0.29, 0.717) is 17.8 Å². The standard InChI is InChI=1S/C45H82O3/c1-8-10-11-12-13-14-15-16-17-18-19-20-21-22-43(47)48-36-27-29-45(7)40-28-30-44(6)38(34(5)23-24-35(9-2)33(3)4)25-26-39(44)37(40)32-42(46)41(45)31-36/h33-42,46H,8-32H2,1-7H3/t34-,35-,36+,37+,38-,39+,40+,41-,42+,44-,45-/m1/s1. The van der Waals surface area contributed by atoms with Gasteiger partial charge in [0.1, 0.15) is 6.10 Å². The molecule has 0 bridgehead atoms. The van der Waals surface area contributed by atoms with Crippen molar-refractivity contribution in [2.45, 2.75) is 221 Å². The third kappa shape index (κ3) is 10.1. The number of rotatable bonds is 21. The minimum absolute atomic E-state index is 0.00657. The molecular formula is C45H82O3. The molecule has 0 heterocycles. The molecule has 1 N–H and O–H groups in total. The second-order valence-corrected chi connectivity index (χ2v) is 18.9. The lowest BCUT2D eigenvalue weighted by atomic mass is 9.43. The normalized spacial score (nSPS) is 35.9. The Morgan fingerprint density at radius 1 is 0.708 bits per heavy atom. The van der Waals surface area contributed by atoms with Crippen LogP contribution >= 0.6 is 0 Å². The van der Waals surface area contributed by atoms with Gasteiger partial charge in [0.15, 0.2) is 0 Å². The summed E-state index contributed by atoms with van der Waals surface area (Å²) in [4.78, 5) is 12.9. The number of fused-ring (bicyclic) bond motifs is 5. The minimum atomic E-state index is -0.242. The molecule has 0 aliphatic heterocycles. The number of unbranched alkanes of at least 4 members (excludes halogenated alkanes) is 12. The molecule has 0 amide bonds. The molecule has 0 radical (unpaired) electrons. The van der Waals surface area contributed by atoms with Crippen molar-refractivity contribution in [2.24, 2.45) is 58.2 Å². The molecule has 11 atom stereocenters. The van der Waals surface area contributed by atoms with Crippen molar-refractivity contribution < 1.29 is 14.6 Å². The zero-order valence-corrected chi connectivity index (χ0v) is 33.2. The largest absolute Gasteiger partial charge is 0.462 e. The van der Waals surface area contributed by atoms with E-state index in [1.807, 2.05) is 0 Å². The summed E-state index contributed by atoms with van der Waals surface area (Å²) in [5, 5.41) is 11.8. The first-order valence-electron chi connectivity index (χ1n) is 21.9. The summed E-state index contributed by atoms with van der Waals surface area (Å²) in [5.41, 5.74) is 0.639. The second kappa shape index (κ2) is 19.3. The zero-order valence-electron chi connectivity index (χ0n) is 33.2. The lowest BCUT2D eigenvalue weighted by molar-refractivity contribution is -0.183. The fraction of sp³-hybridized carbons (Fsp3) is 0.978. The van der Waals surface area contributed by atoms with Gasteiger partial charge >= 0.3 is 5.97 Å². The first kappa shape index (κ1) is 40.2. The van der Waals surface area contributed by atoms with Crippen LogP contribution in [0.15, 0.2) is 0 Å². The SMILES string of the molecule is CCCCCCCCCCCCCCCC(=O)O[C@H]1CC[C@@]2(C)[C@H](C1)[C@@H](O)C[C@@H]1[C@@H]2CC[C@]2(C)[C@@H]([C@H](C)CC[C@@H](CC)C(C)C)CC[C@@H]12. The van der Waals surface area contributed by atoms with E-state index in [0.717, 1.165) is 74.0 Å². The summed E-state index contributed by atoms with van der Waals surface area (Å²) in [6, 6.07) is 0. The maximum absolute atomic E-state index is 12.9. The van der Waals surface area contributed by atoms with Gasteiger partial charge in [-0.2, -0.15) is 0 Å². The molecule has 48 heavy (non-hydrogen) atoms. The topological polar surface area (TPSA) is 46.5 Å². The highest BCUT2D eigenvalue weighted by Crippen LogP contribution is 2.68. The number of esters is 1. The molecular weight excluding hydrogens is 588 g/mol. The van der Waals surface area contributed by atoms with Crippen LogP contribution in [0, 0.1) is 58.2 Å². The van der Waals surface area contributed by atoms with Gasteiger partial charge in [0.2, 0.25) is 0 Å². The monoisotopic (exact) mass is 671 g/mol. The Morgan fingerprint density at radius 3 is 1.90 bits per heavy atom. The summed E-state index contributed by atoms with van der Waals surface area (Å²) in [6.45, 7) is 17.3. The van der Waals surface area contributed by atoms with E-state index in [1.54, 1.807) is 0 Å². The van der Waals surface area contributed by atoms with Crippen LogP contribution in [0.1, 0.15) is 209 Å². The van der Waals surface area contributed by atoms with Crippen molar-refractivity contribution in [3.63, 3.8) is 0 Å². The van der Waals surface area contributed by atoms with Crippen molar-refractivity contribution >= 4 is 5.97 Å². The van der Waals surface area contributed by atoms with Gasteiger partial charge in [-0.3, -0.25) is 4.79 Å². The van der Waals surface area contributed by atoms with E-state index in [9.17, 15) is 9.90 Å². The molecule has 4 aliphatic rings. The summed E-state index contributed by atoms with van der Waals surface area (Å²) in [7, 11) is 0. The lowest BCUT2D eigenvalue weighted by Gasteiger charge is -2.62. The van der Waals surface area contributed by atoms with Gasteiger partial charge < -0.3 is 9.84 Å². The van der Waals surface area contributed by atoms with Crippen LogP contribution in [0.4, 0.5) is 0 Å². The third-order valence-electron chi connectivity index (χ3n) is 15.6. The lowest BCUT2D eigenvalue weighted by Crippen LogP contribution is -2.58. The molecule has 0 unspecified atom stereocenters. The number of hydrogen-bond acceptors (Lipinski definition) is 3. The van der Waals surface area contributed by atoms with Crippen LogP contribution in [0.25, 0.3) is 0 Å². The average molecular weight is 671 g/mol. The Balaban J connectivity index is 1.17. The quantitative estimate of drug-likeness (QED) is 0.0976. The molecule has 4 rings (SSSR count). The smallest absolute Gasteiger partial charge is 0.306 e. The molecule has 0 aromatic rings. The number of ether oxygens (including phenoxy) is 1. The average Bonchev–Trinajstić information content (AvgIpc) is 3.41. The van der Waals surface area contributed by atoms with Gasteiger partial charge in [0.25, 0.3) is 0 Å². The van der Waals surface area contributed by atoms with E-state index < -0.39 is 0 Å². The van der Waals surface area contributed by atoms with Crippen molar-refractivity contribution in [2.75, 3.05) is 0 Å². The Kier molecular flexibility index (Phi) is 16.2. The van der Waals surface area contributed by atoms with E-state index >= 15 is 0 Å². The highest BCUT2D eigenvalue weighted by Gasteiger charge is 2.62. The van der Waals surface area contributed by atoms with Crippen molar-refractivity contribution in [1.29, 1.82) is 0 Å². The van der Waals surface area contributed by atoms with Crippen molar-refractivity contribution in [3.05, 3.63) is 0 Å². The molecule has 0 spiro atoms. The highest BCUT2D eigenvalue weighted by molar-refractivity contribution is 5.69. The van der Waals surface area contributed by atoms with E-state index in [-0.39, 0.29) is 29.5 Å². The van der Waals surface area contributed by atoms with E-state index in [1.165, 1.54) is 116 Å². The van der Waals surface area contributed by atoms with Gasteiger partial charge in [-0.15, -0.1) is 0 Å². The predicted octanol–water partition coefficient (Wildman–Crippen LogP) is 13.1. The first-order valence-corrected chi connectivity index (χ1v) is 21.9. The number of carbonyl (C=O) groups excluding carboxylic acids is 1. The van der Waals surface area contributed by atoms with Crippen LogP contribution < -0.4 is 0 Å². The molecule has 3 heteroatoms. The Morgan fingerprint density at radius 2 is 1.29 bits per heavy atom. The summed E-state index contributed by atoms with van der Waals surface area (Å²) >= 11 is 0. The van der Waals surface area contributed by atoms with Crippen molar-refractivity contribution in [3.8, 4) is 0 Å². The number of carbonyl (C=O) groups is 1. The van der Waals surface area contributed by atoms with Gasteiger partial charge in [0.05, 0.1) is 6.10 Å². The zero-order chi connectivity index (χ0) is 34.7. The Hall–Kier alpha value is -0.570. The fourth-order valence-electron chi connectivity index (χ4n) is 12.6. The van der Waals surface area contributed by atoms with E-state index in [2.05, 4.69) is 48.5 Å². The predicted molar refractivity (Wildman–Crippen MR) is 204 cm³/mol. The first-order chi connectivity index (χ1) is 23.0. The Bertz CT molecular complexity index is 929. The molecule has 4 fully saturated rings. The maximum Gasteiger partial charge on any atom is 0.306 e. The number of hydrogen-bond donors (Lipinski definition) is 1. The molecule has 0 aromatic carbocycles. The molecule has 3 nitrogen and oxygen atoms in total. The highest BCUT2D eigenvalue weighted by atomic mass is 16.5. The fourth-order valence-corrected chi connectivity index (χ4v) is 12.6. The van der Waals surface area contributed by atoms with E-state index in [4.69, 9.17) is 4.74 Å². The minimum Gasteiger partial charge on any atom is -0.462 e. The summed E-state index contributed by atoms with van der Waals surface area (Å²) in [5.74, 6) is 5.79. The van der Waals surface area contributed by atoms with Gasteiger partial charge in [-0.1, -0.05) is 138 Å². The summed E-state index contributed by atoms with van der Waals surface area (Å²) < 4.78 is 6.11. The molecule has 4 aliphatic carbocycles. The third-order valence-corrected chi connectivity index (χ3v) is 15.6. The van der Waals surface area contributed by atoms with Gasteiger partial charge in [0, 0.05) is 6.42 Å². The van der Waals surface area contributed by atoms with Gasteiger partial charge in [-0.05, 0) is 122 Å². The molecule has 4 saturated carbocycles. The number of aliphatic hydroxyl groups excluding tert-OH is 1. The second-order valence-electron chi connectivity index (χ2n) is 18.9. The number of aliphatic hydroxyl groups is 1. The Labute approximate surface area is 299 Å². The van der Waals surface area contributed by atoms with Crippen LogP contribution in [-0.2, 0) is 9.53 Å².